The molecule has 2 rings (SSSR count). The predicted octanol–water partition coefficient (Wildman–Crippen LogP) is 2.44. The minimum atomic E-state index is -0.442. The zero-order valence-corrected chi connectivity index (χ0v) is 9.35. The fourth-order valence-corrected chi connectivity index (χ4v) is 1.29. The molecule has 0 amide bonds. The summed E-state index contributed by atoms with van der Waals surface area (Å²) in [5.41, 5.74) is 4.38. The molecule has 0 atom stereocenters. The van der Waals surface area contributed by atoms with Crippen molar-refractivity contribution >= 4 is 17.6 Å². The molecule has 0 bridgehead atoms. The Labute approximate surface area is 103 Å². The second-order valence-corrected chi connectivity index (χ2v) is 3.46. The van der Waals surface area contributed by atoms with E-state index in [1.54, 1.807) is 30.7 Å². The maximum Gasteiger partial charge on any atom is 0.269 e. The summed E-state index contributed by atoms with van der Waals surface area (Å²) in [5, 5.41) is 14.5. The molecule has 6 heteroatoms. The summed E-state index contributed by atoms with van der Waals surface area (Å²) in [6.07, 6.45) is 4.98. The lowest BCUT2D eigenvalue weighted by Crippen LogP contribution is -1.92. The molecular weight excluding hydrogens is 232 g/mol. The number of hydrogen-bond acceptors (Lipinski definition) is 5. The lowest BCUT2D eigenvalue weighted by Gasteiger charge is -1.99. The zero-order valence-electron chi connectivity index (χ0n) is 9.35. The van der Waals surface area contributed by atoms with Gasteiger partial charge in [-0.15, -0.1) is 0 Å². The van der Waals surface area contributed by atoms with E-state index >= 15 is 0 Å². The van der Waals surface area contributed by atoms with Crippen LogP contribution in [0.3, 0.4) is 0 Å². The molecule has 1 aromatic heterocycles. The first-order valence-corrected chi connectivity index (χ1v) is 5.19. The van der Waals surface area contributed by atoms with Crippen LogP contribution in [-0.4, -0.2) is 16.1 Å². The minimum absolute atomic E-state index is 0.0526. The molecular formula is C12H10N4O2. The van der Waals surface area contributed by atoms with Crippen molar-refractivity contribution in [1.29, 1.82) is 0 Å². The summed E-state index contributed by atoms with van der Waals surface area (Å²) in [6, 6.07) is 9.71. The smallest absolute Gasteiger partial charge is 0.269 e. The van der Waals surface area contributed by atoms with E-state index in [-0.39, 0.29) is 5.69 Å². The first-order valence-electron chi connectivity index (χ1n) is 5.19. The molecule has 0 aliphatic heterocycles. The van der Waals surface area contributed by atoms with E-state index in [0.717, 1.165) is 5.56 Å². The van der Waals surface area contributed by atoms with Gasteiger partial charge in [0, 0.05) is 30.1 Å². The molecule has 1 heterocycles. The molecule has 18 heavy (non-hydrogen) atoms. The third-order valence-corrected chi connectivity index (χ3v) is 2.17. The van der Waals surface area contributed by atoms with Crippen molar-refractivity contribution in [1.82, 2.24) is 4.98 Å². The van der Waals surface area contributed by atoms with Crippen LogP contribution < -0.4 is 5.43 Å². The average Bonchev–Trinajstić information content (AvgIpc) is 2.40. The Balaban J connectivity index is 1.98. The number of anilines is 1. The number of hydrazone groups is 1. The molecule has 90 valence electrons. The van der Waals surface area contributed by atoms with Crippen LogP contribution >= 0.6 is 0 Å². The van der Waals surface area contributed by atoms with Crippen molar-refractivity contribution in [3.05, 3.63) is 64.5 Å². The number of nitrogens with one attached hydrogen (secondary N) is 1. The van der Waals surface area contributed by atoms with Gasteiger partial charge in [-0.05, 0) is 18.2 Å². The van der Waals surface area contributed by atoms with E-state index in [0.29, 0.717) is 5.69 Å². The van der Waals surface area contributed by atoms with Crippen LogP contribution in [0.2, 0.25) is 0 Å². The summed E-state index contributed by atoms with van der Waals surface area (Å²) < 4.78 is 0. The van der Waals surface area contributed by atoms with E-state index < -0.39 is 4.92 Å². The van der Waals surface area contributed by atoms with Crippen LogP contribution in [0.25, 0.3) is 0 Å². The topological polar surface area (TPSA) is 80.4 Å². The Kier molecular flexibility index (Phi) is 3.60. The Morgan fingerprint density at radius 1 is 1.28 bits per heavy atom. The molecule has 0 fully saturated rings. The number of aromatic nitrogens is 1. The van der Waals surface area contributed by atoms with Crippen molar-refractivity contribution in [3.8, 4) is 0 Å². The largest absolute Gasteiger partial charge is 0.278 e. The number of non-ortho nitro benzene ring substituents is 1. The molecule has 0 unspecified atom stereocenters. The Hall–Kier alpha value is -2.76. The summed E-state index contributed by atoms with van der Waals surface area (Å²) >= 11 is 0. The Morgan fingerprint density at radius 2 is 2.06 bits per heavy atom. The highest BCUT2D eigenvalue weighted by molar-refractivity contribution is 5.79. The lowest BCUT2D eigenvalue weighted by atomic mass is 10.3. The molecule has 0 spiro atoms. The molecule has 0 aliphatic rings. The van der Waals surface area contributed by atoms with E-state index in [1.807, 2.05) is 12.1 Å². The van der Waals surface area contributed by atoms with E-state index in [1.165, 1.54) is 12.1 Å². The first kappa shape index (κ1) is 11.7. The van der Waals surface area contributed by atoms with Gasteiger partial charge in [0.1, 0.15) is 0 Å². The van der Waals surface area contributed by atoms with Gasteiger partial charge in [-0.25, -0.2) is 0 Å². The molecule has 1 N–H and O–H groups in total. The Bertz CT molecular complexity index is 552. The number of nitro groups is 1. The van der Waals surface area contributed by atoms with E-state index in [9.17, 15) is 10.1 Å². The highest BCUT2D eigenvalue weighted by Crippen LogP contribution is 2.15. The molecule has 6 nitrogen and oxygen atoms in total. The van der Waals surface area contributed by atoms with Crippen molar-refractivity contribution in [2.24, 2.45) is 5.10 Å². The zero-order chi connectivity index (χ0) is 12.8. The van der Waals surface area contributed by atoms with Crippen LogP contribution in [0.15, 0.2) is 53.9 Å². The van der Waals surface area contributed by atoms with E-state index in [2.05, 4.69) is 15.5 Å². The SMILES string of the molecule is O=[N+]([O-])c1ccc(N/N=C/c2cccnc2)cc1. The van der Waals surface area contributed by atoms with Crippen LogP contribution in [0.1, 0.15) is 5.56 Å². The highest BCUT2D eigenvalue weighted by Gasteiger charge is 2.02. The second kappa shape index (κ2) is 5.53. The number of nitro benzene ring substituents is 1. The first-order chi connectivity index (χ1) is 8.75. The molecule has 2 aromatic rings. The molecule has 1 aromatic carbocycles. The number of hydrogen-bond donors (Lipinski definition) is 1. The maximum absolute atomic E-state index is 10.5. The summed E-state index contributed by atoms with van der Waals surface area (Å²) in [4.78, 5) is 14.0. The predicted molar refractivity (Wildman–Crippen MR) is 68.6 cm³/mol. The van der Waals surface area contributed by atoms with Crippen LogP contribution in [-0.2, 0) is 0 Å². The van der Waals surface area contributed by atoms with Gasteiger partial charge in [0.15, 0.2) is 0 Å². The summed E-state index contributed by atoms with van der Waals surface area (Å²) in [7, 11) is 0. The second-order valence-electron chi connectivity index (χ2n) is 3.46. The van der Waals surface area contributed by atoms with Gasteiger partial charge in [-0.1, -0.05) is 6.07 Å². The van der Waals surface area contributed by atoms with Gasteiger partial charge in [0.2, 0.25) is 0 Å². The van der Waals surface area contributed by atoms with Crippen LogP contribution in [0, 0.1) is 10.1 Å². The lowest BCUT2D eigenvalue weighted by molar-refractivity contribution is -0.384. The van der Waals surface area contributed by atoms with Gasteiger partial charge in [-0.3, -0.25) is 20.5 Å². The number of benzene rings is 1. The number of rotatable bonds is 4. The fraction of sp³-hybridized carbons (Fsp3) is 0. The normalized spacial score (nSPS) is 10.4. The van der Waals surface area contributed by atoms with Crippen LogP contribution in [0.5, 0.6) is 0 Å². The van der Waals surface area contributed by atoms with Gasteiger partial charge >= 0.3 is 0 Å². The van der Waals surface area contributed by atoms with Gasteiger partial charge < -0.3 is 0 Å². The molecule has 0 aliphatic carbocycles. The third-order valence-electron chi connectivity index (χ3n) is 2.17. The van der Waals surface area contributed by atoms with Gasteiger partial charge in [0.25, 0.3) is 5.69 Å². The average molecular weight is 242 g/mol. The Morgan fingerprint density at radius 3 is 2.67 bits per heavy atom. The quantitative estimate of drug-likeness (QED) is 0.507. The number of nitrogens with zero attached hydrogens (tertiary/aromatic N) is 3. The minimum Gasteiger partial charge on any atom is -0.278 e. The highest BCUT2D eigenvalue weighted by atomic mass is 16.6. The molecule has 0 radical (unpaired) electrons. The van der Waals surface area contributed by atoms with Crippen LogP contribution in [0.4, 0.5) is 11.4 Å². The standard InChI is InChI=1S/C12H10N4O2/c17-16(18)12-5-3-11(4-6-12)15-14-9-10-2-1-7-13-8-10/h1-9,15H/b14-9+. The fourth-order valence-electron chi connectivity index (χ4n) is 1.29. The number of pyridine rings is 1. The molecule has 0 saturated heterocycles. The summed E-state index contributed by atoms with van der Waals surface area (Å²) in [5.74, 6) is 0. The van der Waals surface area contributed by atoms with Gasteiger partial charge in [0.05, 0.1) is 16.8 Å². The maximum atomic E-state index is 10.5. The third kappa shape index (κ3) is 3.11. The molecule has 0 saturated carbocycles. The van der Waals surface area contributed by atoms with E-state index in [4.69, 9.17) is 0 Å². The van der Waals surface area contributed by atoms with Gasteiger partial charge in [-0.2, -0.15) is 5.10 Å². The monoisotopic (exact) mass is 242 g/mol. The van der Waals surface area contributed by atoms with Crippen molar-refractivity contribution in [2.45, 2.75) is 0 Å². The van der Waals surface area contributed by atoms with Crippen molar-refractivity contribution in [3.63, 3.8) is 0 Å². The van der Waals surface area contributed by atoms with Crippen molar-refractivity contribution < 1.29 is 4.92 Å². The summed E-state index contributed by atoms with van der Waals surface area (Å²) in [6.45, 7) is 0. The van der Waals surface area contributed by atoms with Crippen molar-refractivity contribution in [2.75, 3.05) is 5.43 Å².